The highest BCUT2D eigenvalue weighted by atomic mass is 16.3. The molecule has 2 atom stereocenters. The number of hydrogen-bond acceptors (Lipinski definition) is 1. The van der Waals surface area contributed by atoms with Crippen molar-refractivity contribution in [3.05, 3.63) is 11.8 Å². The van der Waals surface area contributed by atoms with Crippen molar-refractivity contribution in [2.45, 2.75) is 45.4 Å². The number of fused-ring (bicyclic) bond motifs is 1. The Kier molecular flexibility index (Phi) is 1.90. The Bertz CT molecular complexity index is 207. The maximum Gasteiger partial charge on any atom is 0.0919 e. The van der Waals surface area contributed by atoms with Gasteiger partial charge in [0, 0.05) is 5.92 Å². The molecule has 0 aromatic rings. The van der Waals surface area contributed by atoms with Crippen LogP contribution in [0.3, 0.4) is 0 Å². The van der Waals surface area contributed by atoms with Gasteiger partial charge in [-0.05, 0) is 37.2 Å². The van der Waals surface area contributed by atoms with Crippen LogP contribution in [0.5, 0.6) is 0 Å². The molecule has 0 bridgehead atoms. The molecule has 0 spiro atoms. The molecule has 1 nitrogen and oxygen atoms in total. The molecule has 0 saturated heterocycles. The van der Waals surface area contributed by atoms with E-state index in [-0.39, 0.29) is 0 Å². The third kappa shape index (κ3) is 1.16. The normalized spacial score (nSPS) is 41.8. The Labute approximate surface area is 74.5 Å². The zero-order valence-electron chi connectivity index (χ0n) is 7.84. The molecular weight excluding hydrogens is 148 g/mol. The van der Waals surface area contributed by atoms with Crippen LogP contribution in [-0.2, 0) is 0 Å². The minimum Gasteiger partial charge on any atom is -0.512 e. The topological polar surface area (TPSA) is 20.2 Å². The van der Waals surface area contributed by atoms with Crippen molar-refractivity contribution in [2.75, 3.05) is 0 Å². The third-order valence-corrected chi connectivity index (χ3v) is 3.76. The molecule has 1 saturated carbocycles. The van der Waals surface area contributed by atoms with Crippen LogP contribution in [0.1, 0.15) is 45.4 Å². The van der Waals surface area contributed by atoms with Crippen LogP contribution < -0.4 is 0 Å². The molecule has 2 aliphatic carbocycles. The predicted molar refractivity (Wildman–Crippen MR) is 50.0 cm³/mol. The van der Waals surface area contributed by atoms with Crippen LogP contribution in [0, 0.1) is 11.3 Å². The summed E-state index contributed by atoms with van der Waals surface area (Å²) in [4.78, 5) is 0. The van der Waals surface area contributed by atoms with Crippen molar-refractivity contribution in [2.24, 2.45) is 11.3 Å². The number of allylic oxidation sites excluding steroid dienone is 2. The van der Waals surface area contributed by atoms with E-state index in [1.165, 1.54) is 32.1 Å². The molecule has 1 heteroatoms. The average molecular weight is 166 g/mol. The van der Waals surface area contributed by atoms with Crippen molar-refractivity contribution < 1.29 is 5.11 Å². The summed E-state index contributed by atoms with van der Waals surface area (Å²) >= 11 is 0. The van der Waals surface area contributed by atoms with E-state index in [2.05, 4.69) is 6.92 Å². The summed E-state index contributed by atoms with van der Waals surface area (Å²) in [5.41, 5.74) is 0.428. The highest BCUT2D eigenvalue weighted by Gasteiger charge is 2.39. The molecular formula is C11H18O. The predicted octanol–water partition coefficient (Wildman–Crippen LogP) is 3.42. The second kappa shape index (κ2) is 2.79. The van der Waals surface area contributed by atoms with Crippen LogP contribution in [-0.4, -0.2) is 5.11 Å². The van der Waals surface area contributed by atoms with E-state index < -0.39 is 0 Å². The quantitative estimate of drug-likeness (QED) is 0.584. The maximum atomic E-state index is 9.73. The van der Waals surface area contributed by atoms with Crippen molar-refractivity contribution >= 4 is 0 Å². The fourth-order valence-corrected chi connectivity index (χ4v) is 2.90. The van der Waals surface area contributed by atoms with Crippen LogP contribution >= 0.6 is 0 Å². The summed E-state index contributed by atoms with van der Waals surface area (Å²) in [6, 6.07) is 0. The van der Waals surface area contributed by atoms with Gasteiger partial charge in [0.25, 0.3) is 0 Å². The molecule has 0 amide bonds. The molecule has 0 unspecified atom stereocenters. The second-order valence-electron chi connectivity index (χ2n) is 4.62. The van der Waals surface area contributed by atoms with E-state index >= 15 is 0 Å². The molecule has 0 radical (unpaired) electrons. The Morgan fingerprint density at radius 2 is 2.25 bits per heavy atom. The van der Waals surface area contributed by atoms with Crippen molar-refractivity contribution in [1.82, 2.24) is 0 Å². The zero-order valence-corrected chi connectivity index (χ0v) is 7.84. The van der Waals surface area contributed by atoms with Gasteiger partial charge in [-0.2, -0.15) is 0 Å². The lowest BCUT2D eigenvalue weighted by Gasteiger charge is -2.43. The Hall–Kier alpha value is -0.460. The number of aliphatic hydroxyl groups excluding tert-OH is 1. The lowest BCUT2D eigenvalue weighted by Crippen LogP contribution is -2.34. The lowest BCUT2D eigenvalue weighted by molar-refractivity contribution is 0.0832. The highest BCUT2D eigenvalue weighted by molar-refractivity contribution is 5.09. The molecule has 68 valence electrons. The number of rotatable bonds is 0. The van der Waals surface area contributed by atoms with Gasteiger partial charge >= 0.3 is 0 Å². The summed E-state index contributed by atoms with van der Waals surface area (Å²) in [7, 11) is 0. The molecule has 1 fully saturated rings. The largest absolute Gasteiger partial charge is 0.512 e. The number of hydrogen-bond donors (Lipinski definition) is 1. The van der Waals surface area contributed by atoms with Gasteiger partial charge in [-0.25, -0.2) is 0 Å². The minimum atomic E-state index is 0.428. The highest BCUT2D eigenvalue weighted by Crippen LogP contribution is 2.49. The van der Waals surface area contributed by atoms with Gasteiger partial charge in [-0.1, -0.05) is 19.8 Å². The van der Waals surface area contributed by atoms with E-state index in [9.17, 15) is 5.11 Å². The van der Waals surface area contributed by atoms with Crippen LogP contribution in [0.4, 0.5) is 0 Å². The van der Waals surface area contributed by atoms with Crippen molar-refractivity contribution in [3.63, 3.8) is 0 Å². The van der Waals surface area contributed by atoms with Gasteiger partial charge in [0.2, 0.25) is 0 Å². The number of aliphatic hydroxyl groups is 1. The summed E-state index contributed by atoms with van der Waals surface area (Å²) in [6.07, 6.45) is 9.57. The molecule has 12 heavy (non-hydrogen) atoms. The van der Waals surface area contributed by atoms with Crippen LogP contribution in [0.15, 0.2) is 11.8 Å². The Balaban J connectivity index is 2.23. The SMILES string of the molecule is C[C@]12CCC=C(O)[C@@H]1CCCC2. The van der Waals surface area contributed by atoms with E-state index in [1.807, 2.05) is 6.08 Å². The standard InChI is InChI=1S/C11H18O/c1-11-7-3-2-5-9(11)10(12)6-4-8-11/h6,9,12H,2-5,7-8H2,1H3/t9-,11-/m0/s1. The Morgan fingerprint density at radius 3 is 3.00 bits per heavy atom. The van der Waals surface area contributed by atoms with E-state index in [0.29, 0.717) is 17.1 Å². The molecule has 1 N–H and O–H groups in total. The summed E-state index contributed by atoms with van der Waals surface area (Å²) in [5, 5.41) is 9.73. The lowest BCUT2D eigenvalue weighted by atomic mass is 9.62. The molecule has 2 rings (SSSR count). The van der Waals surface area contributed by atoms with Crippen molar-refractivity contribution in [1.29, 1.82) is 0 Å². The van der Waals surface area contributed by atoms with Gasteiger partial charge in [0.1, 0.15) is 0 Å². The van der Waals surface area contributed by atoms with E-state index in [4.69, 9.17) is 0 Å². The fraction of sp³-hybridized carbons (Fsp3) is 0.818. The fourth-order valence-electron chi connectivity index (χ4n) is 2.90. The third-order valence-electron chi connectivity index (χ3n) is 3.76. The van der Waals surface area contributed by atoms with E-state index in [0.717, 1.165) is 6.42 Å². The van der Waals surface area contributed by atoms with Gasteiger partial charge in [0.05, 0.1) is 5.76 Å². The molecule has 0 aromatic carbocycles. The average Bonchev–Trinajstić information content (AvgIpc) is 2.04. The smallest absolute Gasteiger partial charge is 0.0919 e. The first-order valence-corrected chi connectivity index (χ1v) is 5.11. The van der Waals surface area contributed by atoms with Gasteiger partial charge < -0.3 is 5.11 Å². The Morgan fingerprint density at radius 1 is 1.42 bits per heavy atom. The first kappa shape index (κ1) is 8.15. The van der Waals surface area contributed by atoms with E-state index in [1.54, 1.807) is 0 Å². The van der Waals surface area contributed by atoms with Crippen LogP contribution in [0.25, 0.3) is 0 Å². The first-order valence-electron chi connectivity index (χ1n) is 5.11. The second-order valence-corrected chi connectivity index (χ2v) is 4.62. The molecule has 0 aromatic heterocycles. The maximum absolute atomic E-state index is 9.73. The molecule has 0 aliphatic heterocycles. The van der Waals surface area contributed by atoms with Gasteiger partial charge in [0.15, 0.2) is 0 Å². The summed E-state index contributed by atoms with van der Waals surface area (Å²) in [5.74, 6) is 1.17. The summed E-state index contributed by atoms with van der Waals surface area (Å²) < 4.78 is 0. The zero-order chi connectivity index (χ0) is 8.60. The molecule has 2 aliphatic rings. The van der Waals surface area contributed by atoms with Crippen molar-refractivity contribution in [3.8, 4) is 0 Å². The van der Waals surface area contributed by atoms with Crippen LogP contribution in [0.2, 0.25) is 0 Å². The molecule has 0 heterocycles. The monoisotopic (exact) mass is 166 g/mol. The summed E-state index contributed by atoms with van der Waals surface area (Å²) in [6.45, 7) is 2.35. The van der Waals surface area contributed by atoms with Gasteiger partial charge in [-0.3, -0.25) is 0 Å². The first-order chi connectivity index (χ1) is 5.72. The minimum absolute atomic E-state index is 0.428. The van der Waals surface area contributed by atoms with Gasteiger partial charge in [-0.15, -0.1) is 0 Å².